The fraction of sp³-hybridized carbons (Fsp3) is 0.429. The number of ether oxygens (including phenoxy) is 1. The molecule has 0 unspecified atom stereocenters. The van der Waals surface area contributed by atoms with Gasteiger partial charge in [0.1, 0.15) is 0 Å². The minimum Gasteiger partial charge on any atom is -0.463 e. The molecule has 2 N–H and O–H groups in total. The Morgan fingerprint density at radius 1 is 1.62 bits per heavy atom. The summed E-state index contributed by atoms with van der Waals surface area (Å²) in [4.78, 5) is 6.87. The molecule has 1 heterocycles. The summed E-state index contributed by atoms with van der Waals surface area (Å²) in [5.74, 6) is 0. The van der Waals surface area contributed by atoms with E-state index in [0.29, 0.717) is 0 Å². The van der Waals surface area contributed by atoms with Crippen molar-refractivity contribution >= 4 is 12.6 Å². The summed E-state index contributed by atoms with van der Waals surface area (Å²) in [5, 5.41) is 17.6. The molecule has 0 aliphatic heterocycles. The van der Waals surface area contributed by atoms with Crippen molar-refractivity contribution < 1.29 is 24.4 Å². The third-order valence-corrected chi connectivity index (χ3v) is 1.14. The summed E-state index contributed by atoms with van der Waals surface area (Å²) in [5.41, 5.74) is -0.0863. The minimum absolute atomic E-state index is 0.0863. The van der Waals surface area contributed by atoms with Crippen LogP contribution in [0.2, 0.25) is 0 Å². The smallest absolute Gasteiger partial charge is 0.463 e. The van der Waals surface area contributed by atoms with Crippen LogP contribution in [0.4, 0.5) is 0 Å². The number of aromatic nitrogens is 2. The highest BCUT2D eigenvalue weighted by Gasteiger charge is 2.11. The van der Waals surface area contributed by atoms with Crippen LogP contribution < -0.4 is 10.2 Å². The second-order valence-corrected chi connectivity index (χ2v) is 2.00. The van der Waals surface area contributed by atoms with Crippen molar-refractivity contribution in [1.29, 1.82) is 0 Å². The zero-order chi connectivity index (χ0) is 15.8. The van der Waals surface area contributed by atoms with E-state index in [9.17, 15) is 0 Å². The van der Waals surface area contributed by atoms with E-state index in [2.05, 4.69) is 14.7 Å². The molecule has 1 rings (SSSR count). The molecule has 1 aromatic heterocycles. The molecule has 1 aromatic rings. The van der Waals surface area contributed by atoms with E-state index < -0.39 is 32.9 Å². The fourth-order valence-electron chi connectivity index (χ4n) is 0.583. The fourth-order valence-corrected chi connectivity index (χ4v) is 0.583. The Morgan fingerprint density at radius 3 is 2.85 bits per heavy atom. The monoisotopic (exact) mass is 189 g/mol. The second-order valence-electron chi connectivity index (χ2n) is 2.00. The molecule has 0 bridgehead atoms. The maximum atomic E-state index is 8.81. The molecule has 0 fully saturated rings. The summed E-state index contributed by atoms with van der Waals surface area (Å²) in [6.45, 7) is -6.46. The van der Waals surface area contributed by atoms with Gasteiger partial charge in [-0.3, -0.25) is 0 Å². The lowest BCUT2D eigenvalue weighted by atomic mass is 9.83. The van der Waals surface area contributed by atoms with Gasteiger partial charge in [-0.25, -0.2) is 9.97 Å². The molecule has 0 aliphatic rings. The van der Waals surface area contributed by atoms with Crippen LogP contribution >= 0.6 is 0 Å². The first-order chi connectivity index (χ1) is 8.88. The Balaban J connectivity index is 2.96. The number of rotatable bonds is 4. The van der Waals surface area contributed by atoms with Crippen molar-refractivity contribution in [3.05, 3.63) is 12.4 Å². The van der Waals surface area contributed by atoms with E-state index in [0.717, 1.165) is 12.4 Å². The van der Waals surface area contributed by atoms with Gasteiger partial charge >= 0.3 is 13.1 Å². The molecule has 0 aliphatic carbocycles. The van der Waals surface area contributed by atoms with Crippen LogP contribution in [-0.4, -0.2) is 33.7 Å². The molecule has 0 saturated carbocycles. The third kappa shape index (κ3) is 3.00. The van der Waals surface area contributed by atoms with Gasteiger partial charge in [-0.05, 0) is 6.37 Å². The van der Waals surface area contributed by atoms with Crippen molar-refractivity contribution in [2.45, 2.75) is 13.2 Å². The predicted octanol–water partition coefficient (Wildman–Crippen LogP) is -1.05. The largest absolute Gasteiger partial charge is 0.491 e. The van der Waals surface area contributed by atoms with E-state index in [1.165, 1.54) is 0 Å². The van der Waals surface area contributed by atoms with E-state index >= 15 is 0 Å². The van der Waals surface area contributed by atoms with Gasteiger partial charge in [0.15, 0.2) is 0 Å². The molecule has 0 atom stereocenters. The normalized spacial score (nSPS) is 20.9. The average molecular weight is 189 g/mol. The van der Waals surface area contributed by atoms with Crippen molar-refractivity contribution in [3.8, 4) is 6.01 Å². The highest BCUT2D eigenvalue weighted by atomic mass is 16.5. The van der Waals surface area contributed by atoms with E-state index in [1.54, 1.807) is 0 Å². The minimum atomic E-state index is -3.29. The first-order valence-corrected chi connectivity index (χ1v) is 3.25. The topological polar surface area (TPSA) is 75.5 Å². The molecule has 0 radical (unpaired) electrons. The van der Waals surface area contributed by atoms with Crippen LogP contribution in [0.3, 0.4) is 0 Å². The van der Waals surface area contributed by atoms with Crippen LogP contribution in [0.25, 0.3) is 0 Å². The summed E-state index contributed by atoms with van der Waals surface area (Å²) in [6, 6.07) is -0.632. The quantitative estimate of drug-likeness (QED) is 0.590. The van der Waals surface area contributed by atoms with Crippen molar-refractivity contribution in [1.82, 2.24) is 9.97 Å². The Hall–Kier alpha value is -1.14. The first-order valence-electron chi connectivity index (χ1n) is 6.75. The van der Waals surface area contributed by atoms with Crippen LogP contribution in [0.5, 0.6) is 6.01 Å². The third-order valence-electron chi connectivity index (χ3n) is 1.14. The average Bonchev–Trinajstić information content (AvgIpc) is 2.27. The van der Waals surface area contributed by atoms with Gasteiger partial charge in [-0.2, -0.15) is 0 Å². The zero-order valence-electron chi connectivity index (χ0n) is 13.4. The second kappa shape index (κ2) is 4.79. The summed E-state index contributed by atoms with van der Waals surface area (Å²) < 4.78 is 54.9. The first kappa shape index (κ1) is 3.94. The lowest BCUT2D eigenvalue weighted by Crippen LogP contribution is -2.30. The number of nitrogens with zero attached hydrogens (tertiary/aromatic N) is 2. The van der Waals surface area contributed by atoms with Gasteiger partial charge in [-0.15, -0.1) is 0 Å². The Kier molecular flexibility index (Phi) is 1.45. The Labute approximate surface area is 86.4 Å². The van der Waals surface area contributed by atoms with E-state index in [4.69, 9.17) is 19.6 Å². The van der Waals surface area contributed by atoms with Gasteiger partial charge in [0.25, 0.3) is 0 Å². The summed E-state index contributed by atoms with van der Waals surface area (Å²) in [7, 11) is -1.82. The van der Waals surface area contributed by atoms with Crippen molar-refractivity contribution in [3.63, 3.8) is 0 Å². The zero-order valence-corrected chi connectivity index (χ0v) is 6.43. The standard InChI is InChI=1S/C7H11BN2O3/c1-2-3-13-7-9-4-6(5-10-7)8(11)12/h4-5,11-12H,2-3H2,1H3/i1D3,2D2,3D2. The summed E-state index contributed by atoms with van der Waals surface area (Å²) >= 11 is 0. The molecule has 6 heteroatoms. The highest BCUT2D eigenvalue weighted by Crippen LogP contribution is 1.96. The SMILES string of the molecule is [2H]C([2H])([2H])C([2H])([2H])C([2H])([2H])Oc1ncc(B(O)O)cn1. The van der Waals surface area contributed by atoms with Gasteiger partial charge < -0.3 is 14.8 Å². The molecule has 5 nitrogen and oxygen atoms in total. The lowest BCUT2D eigenvalue weighted by Gasteiger charge is -2.02. The van der Waals surface area contributed by atoms with E-state index in [-0.39, 0.29) is 5.46 Å². The summed E-state index contributed by atoms with van der Waals surface area (Å²) in [6.07, 6.45) is -1.44. The predicted molar refractivity (Wildman–Crippen MR) is 47.6 cm³/mol. The van der Waals surface area contributed by atoms with E-state index in [1.807, 2.05) is 0 Å². The maximum Gasteiger partial charge on any atom is 0.491 e. The van der Waals surface area contributed by atoms with Crippen LogP contribution in [0.1, 0.15) is 22.8 Å². The highest BCUT2D eigenvalue weighted by molar-refractivity contribution is 6.58. The molecular formula is C7H11BN2O3. The van der Waals surface area contributed by atoms with Crippen LogP contribution in [-0.2, 0) is 0 Å². The molecule has 0 saturated heterocycles. The molecule has 70 valence electrons. The number of hydrogen-bond donors (Lipinski definition) is 2. The molecule has 13 heavy (non-hydrogen) atoms. The van der Waals surface area contributed by atoms with Gasteiger partial charge in [0.2, 0.25) is 0 Å². The van der Waals surface area contributed by atoms with Gasteiger partial charge in [0.05, 0.1) is 9.30 Å². The molecule has 0 aromatic carbocycles. The Bertz CT molecular complexity index is 464. The Morgan fingerprint density at radius 2 is 2.31 bits per heavy atom. The lowest BCUT2D eigenvalue weighted by molar-refractivity contribution is 0.292. The number of hydrogen-bond acceptors (Lipinski definition) is 5. The van der Waals surface area contributed by atoms with Crippen molar-refractivity contribution in [2.24, 2.45) is 0 Å². The maximum absolute atomic E-state index is 8.81. The molecule has 0 spiro atoms. The van der Waals surface area contributed by atoms with Gasteiger partial charge in [0, 0.05) is 24.7 Å². The molecular weight excluding hydrogens is 171 g/mol. The van der Waals surface area contributed by atoms with Crippen LogP contribution in [0.15, 0.2) is 12.4 Å². The van der Waals surface area contributed by atoms with Crippen molar-refractivity contribution in [2.75, 3.05) is 6.56 Å². The van der Waals surface area contributed by atoms with Crippen LogP contribution in [0, 0.1) is 0 Å². The van der Waals surface area contributed by atoms with Gasteiger partial charge in [-0.1, -0.05) is 6.85 Å². The molecule has 0 amide bonds.